The van der Waals surface area contributed by atoms with Gasteiger partial charge in [0.15, 0.2) is 12.4 Å². The highest BCUT2D eigenvalue weighted by Gasteiger charge is 2.16. The van der Waals surface area contributed by atoms with Gasteiger partial charge in [-0.05, 0) is 30.7 Å². The highest BCUT2D eigenvalue weighted by Crippen LogP contribution is 2.20. The Morgan fingerprint density at radius 3 is 2.33 bits per heavy atom. The first-order valence-corrected chi connectivity index (χ1v) is 9.47. The van der Waals surface area contributed by atoms with Crippen LogP contribution in [0.25, 0.3) is 5.76 Å². The smallest absolute Gasteiger partial charge is 0.265 e. The van der Waals surface area contributed by atoms with Crippen LogP contribution in [-0.2, 0) is 9.53 Å². The third-order valence-electron chi connectivity index (χ3n) is 4.11. The van der Waals surface area contributed by atoms with Gasteiger partial charge in [-0.25, -0.2) is 0 Å². The number of benzene rings is 1. The van der Waals surface area contributed by atoms with E-state index in [1.807, 2.05) is 0 Å². The molecule has 0 spiro atoms. The molecule has 0 radical (unpaired) electrons. The Bertz CT molecular complexity index is 633. The van der Waals surface area contributed by atoms with Crippen LogP contribution in [0.5, 0.6) is 5.75 Å². The van der Waals surface area contributed by atoms with Crippen molar-refractivity contribution in [1.82, 2.24) is 5.32 Å². The number of carbonyl (C=O) groups is 1. The maximum atomic E-state index is 12.2. The van der Waals surface area contributed by atoms with Gasteiger partial charge in [-0.1, -0.05) is 45.4 Å². The Balaban J connectivity index is 2.51. The van der Waals surface area contributed by atoms with E-state index in [2.05, 4.69) is 12.2 Å². The number of aliphatic hydroxyl groups excluding tert-OH is 1. The lowest BCUT2D eigenvalue weighted by Crippen LogP contribution is -2.26. The lowest BCUT2D eigenvalue weighted by atomic mass is 10.1. The Kier molecular flexibility index (Phi) is 11.4. The third kappa shape index (κ3) is 8.61. The molecule has 0 aromatic heterocycles. The zero-order chi connectivity index (χ0) is 19.9. The first-order chi connectivity index (χ1) is 13.1. The quantitative estimate of drug-likeness (QED) is 0.176. The molecule has 0 fully saturated rings. The Hall–Kier alpha value is -2.52. The minimum Gasteiger partial charge on any atom is -0.506 e. The molecule has 0 aliphatic rings. The fraction of sp³-hybridized carbons (Fsp3) is 0.524. The summed E-state index contributed by atoms with van der Waals surface area (Å²) in [6.45, 7) is 2.80. The average Bonchev–Trinajstić information content (AvgIpc) is 2.69. The van der Waals surface area contributed by atoms with Crippen LogP contribution in [0.4, 0.5) is 0 Å². The summed E-state index contributed by atoms with van der Waals surface area (Å²) in [4.78, 5) is 12.2. The van der Waals surface area contributed by atoms with Crippen molar-refractivity contribution in [2.75, 3.05) is 20.4 Å². The largest absolute Gasteiger partial charge is 0.506 e. The summed E-state index contributed by atoms with van der Waals surface area (Å²) in [6.07, 6.45) is 8.04. The molecule has 0 aliphatic carbocycles. The van der Waals surface area contributed by atoms with Crippen LogP contribution in [0.15, 0.2) is 29.8 Å². The summed E-state index contributed by atoms with van der Waals surface area (Å²) in [5, 5.41) is 22.2. The van der Waals surface area contributed by atoms with Crippen molar-refractivity contribution >= 4 is 11.7 Å². The molecule has 0 unspecified atom stereocenters. The molecule has 1 aromatic rings. The monoisotopic (exact) mass is 374 g/mol. The number of nitrogens with one attached hydrogen (secondary N) is 1. The molecule has 0 atom stereocenters. The average molecular weight is 374 g/mol. The molecule has 1 aromatic carbocycles. The second-order valence-corrected chi connectivity index (χ2v) is 6.29. The van der Waals surface area contributed by atoms with Crippen LogP contribution in [0, 0.1) is 11.3 Å². The van der Waals surface area contributed by atoms with E-state index in [0.717, 1.165) is 19.3 Å². The van der Waals surface area contributed by atoms with E-state index in [1.165, 1.54) is 32.8 Å². The van der Waals surface area contributed by atoms with Crippen LogP contribution in [0.2, 0.25) is 0 Å². The Labute approximate surface area is 161 Å². The molecule has 0 aliphatic heterocycles. The maximum Gasteiger partial charge on any atom is 0.265 e. The molecule has 2 N–H and O–H groups in total. The second-order valence-electron chi connectivity index (χ2n) is 6.29. The molecule has 0 saturated heterocycles. The molecule has 0 saturated carbocycles. The predicted molar refractivity (Wildman–Crippen MR) is 105 cm³/mol. The van der Waals surface area contributed by atoms with Crippen molar-refractivity contribution in [2.45, 2.75) is 51.9 Å². The highest BCUT2D eigenvalue weighted by atomic mass is 16.7. The Morgan fingerprint density at radius 1 is 1.11 bits per heavy atom. The normalized spacial score (nSPS) is 11.4. The third-order valence-corrected chi connectivity index (χ3v) is 4.11. The fourth-order valence-corrected chi connectivity index (χ4v) is 2.56. The van der Waals surface area contributed by atoms with E-state index < -0.39 is 5.91 Å². The summed E-state index contributed by atoms with van der Waals surface area (Å²) >= 11 is 0. The highest BCUT2D eigenvalue weighted by molar-refractivity contribution is 6.03. The van der Waals surface area contributed by atoms with Gasteiger partial charge in [-0.15, -0.1) is 0 Å². The van der Waals surface area contributed by atoms with E-state index in [9.17, 15) is 15.2 Å². The van der Waals surface area contributed by atoms with Gasteiger partial charge in [-0.2, -0.15) is 5.26 Å². The number of ether oxygens (including phenoxy) is 2. The van der Waals surface area contributed by atoms with Crippen molar-refractivity contribution in [1.29, 1.82) is 5.26 Å². The molecule has 0 bridgehead atoms. The first kappa shape index (κ1) is 22.5. The van der Waals surface area contributed by atoms with Gasteiger partial charge < -0.3 is 19.9 Å². The number of unbranched alkanes of at least 4 members (excludes halogenated alkanes) is 6. The molecular formula is C21H30N2O4. The van der Waals surface area contributed by atoms with Gasteiger partial charge in [0.2, 0.25) is 0 Å². The molecule has 6 nitrogen and oxygen atoms in total. The summed E-state index contributed by atoms with van der Waals surface area (Å²) in [7, 11) is 1.52. The standard InChI is InChI=1S/C21H30N2O4/c1-3-4-5-6-7-8-9-14-23-21(25)19(15-22)20(24)17-10-12-18(13-11-17)27-16-26-2/h10-13,24H,3-9,14,16H2,1-2H3,(H,23,25)/b20-19-. The Morgan fingerprint density at radius 2 is 1.74 bits per heavy atom. The number of rotatable bonds is 13. The number of amides is 1. The summed E-state index contributed by atoms with van der Waals surface area (Å²) < 4.78 is 10.1. The molecule has 27 heavy (non-hydrogen) atoms. The number of nitriles is 1. The van der Waals surface area contributed by atoms with E-state index in [1.54, 1.807) is 30.3 Å². The molecule has 1 rings (SSSR count). The van der Waals surface area contributed by atoms with Crippen molar-refractivity contribution in [2.24, 2.45) is 0 Å². The lowest BCUT2D eigenvalue weighted by molar-refractivity contribution is -0.117. The fourth-order valence-electron chi connectivity index (χ4n) is 2.56. The predicted octanol–water partition coefficient (Wildman–Crippen LogP) is 4.33. The molecule has 148 valence electrons. The van der Waals surface area contributed by atoms with Crippen LogP contribution >= 0.6 is 0 Å². The van der Waals surface area contributed by atoms with E-state index >= 15 is 0 Å². The van der Waals surface area contributed by atoms with Crippen molar-refractivity contribution in [3.05, 3.63) is 35.4 Å². The number of methoxy groups -OCH3 is 1. The maximum absolute atomic E-state index is 12.2. The van der Waals surface area contributed by atoms with Crippen LogP contribution < -0.4 is 10.1 Å². The SMILES string of the molecule is CCCCCCCCCNC(=O)/C(C#N)=C(\O)c1ccc(OCOC)cc1. The van der Waals surface area contributed by atoms with Gasteiger partial charge in [0.1, 0.15) is 17.6 Å². The zero-order valence-electron chi connectivity index (χ0n) is 16.3. The van der Waals surface area contributed by atoms with Gasteiger partial charge in [0, 0.05) is 19.2 Å². The van der Waals surface area contributed by atoms with Gasteiger partial charge in [0.25, 0.3) is 5.91 Å². The van der Waals surface area contributed by atoms with Crippen molar-refractivity contribution in [3.63, 3.8) is 0 Å². The van der Waals surface area contributed by atoms with Crippen molar-refractivity contribution in [3.8, 4) is 11.8 Å². The minimum atomic E-state index is -0.555. The molecule has 6 heteroatoms. The molecule has 1 amide bonds. The van der Waals surface area contributed by atoms with Crippen LogP contribution in [0.1, 0.15) is 57.4 Å². The lowest BCUT2D eigenvalue weighted by Gasteiger charge is -2.08. The van der Waals surface area contributed by atoms with Crippen molar-refractivity contribution < 1.29 is 19.4 Å². The van der Waals surface area contributed by atoms with Crippen LogP contribution in [0.3, 0.4) is 0 Å². The molecular weight excluding hydrogens is 344 g/mol. The number of aliphatic hydroxyl groups is 1. The topological polar surface area (TPSA) is 91.6 Å². The number of nitrogens with zero attached hydrogens (tertiary/aromatic N) is 1. The number of carbonyl (C=O) groups excluding carboxylic acids is 1. The second kappa shape index (κ2) is 13.7. The summed E-state index contributed by atoms with van der Waals surface area (Å²) in [5.41, 5.74) is 0.0888. The van der Waals surface area contributed by atoms with E-state index in [0.29, 0.717) is 17.9 Å². The summed E-state index contributed by atoms with van der Waals surface area (Å²) in [6, 6.07) is 8.23. The summed E-state index contributed by atoms with van der Waals surface area (Å²) in [5.74, 6) is -0.330. The van der Waals surface area contributed by atoms with E-state index in [4.69, 9.17) is 9.47 Å². The zero-order valence-corrected chi connectivity index (χ0v) is 16.3. The molecule has 0 heterocycles. The van der Waals surface area contributed by atoms with Crippen LogP contribution in [-0.4, -0.2) is 31.5 Å². The van der Waals surface area contributed by atoms with E-state index in [-0.39, 0.29) is 18.1 Å². The number of hydrogen-bond donors (Lipinski definition) is 2. The van der Waals surface area contributed by atoms with Gasteiger partial charge >= 0.3 is 0 Å². The minimum absolute atomic E-state index is 0.117. The number of hydrogen-bond acceptors (Lipinski definition) is 5. The van der Waals surface area contributed by atoms with Gasteiger partial charge in [-0.3, -0.25) is 4.79 Å². The first-order valence-electron chi connectivity index (χ1n) is 9.47. The van der Waals surface area contributed by atoms with Gasteiger partial charge in [0.05, 0.1) is 0 Å².